The summed E-state index contributed by atoms with van der Waals surface area (Å²) in [5, 5.41) is 9.71. The standard InChI is InChI=1S/C19H16N4O2/c1-3-16-12(2)21-23(22-16)14-8-7-13-10-15(17-6-4-5-9-20-17)19(24)25-18(13)11-14/h4-11H,3H2,1-2H3. The molecule has 0 N–H and O–H groups in total. The SMILES string of the molecule is CCc1nn(-c2ccc3cc(-c4ccccn4)c(=O)oc3c2)nc1C. The van der Waals surface area contributed by atoms with E-state index in [0.717, 1.165) is 28.9 Å². The van der Waals surface area contributed by atoms with Gasteiger partial charge in [-0.05, 0) is 43.7 Å². The molecule has 0 saturated heterocycles. The molecular formula is C19H16N4O2. The van der Waals surface area contributed by atoms with Gasteiger partial charge >= 0.3 is 5.63 Å². The molecule has 0 aliphatic carbocycles. The fraction of sp³-hybridized carbons (Fsp3) is 0.158. The second kappa shape index (κ2) is 5.98. The number of benzene rings is 1. The zero-order valence-electron chi connectivity index (χ0n) is 13.9. The molecule has 0 spiro atoms. The third-order valence-electron chi connectivity index (χ3n) is 4.10. The molecule has 0 aliphatic rings. The molecule has 124 valence electrons. The zero-order valence-corrected chi connectivity index (χ0v) is 13.9. The van der Waals surface area contributed by atoms with Crippen molar-refractivity contribution in [2.45, 2.75) is 20.3 Å². The highest BCUT2D eigenvalue weighted by atomic mass is 16.4. The Hall–Kier alpha value is -3.28. The number of hydrogen-bond donors (Lipinski definition) is 0. The summed E-state index contributed by atoms with van der Waals surface area (Å²) >= 11 is 0. The van der Waals surface area contributed by atoms with E-state index in [1.807, 2.05) is 38.1 Å². The summed E-state index contributed by atoms with van der Waals surface area (Å²) in [6.07, 6.45) is 2.47. The van der Waals surface area contributed by atoms with Gasteiger partial charge in [0, 0.05) is 17.6 Å². The third-order valence-corrected chi connectivity index (χ3v) is 4.10. The van der Waals surface area contributed by atoms with E-state index in [2.05, 4.69) is 15.2 Å². The first-order chi connectivity index (χ1) is 12.2. The second-order valence-electron chi connectivity index (χ2n) is 5.76. The highest BCUT2D eigenvalue weighted by molar-refractivity contribution is 5.82. The van der Waals surface area contributed by atoms with E-state index < -0.39 is 5.63 Å². The quantitative estimate of drug-likeness (QED) is 0.538. The number of nitrogens with zero attached hydrogens (tertiary/aromatic N) is 4. The normalized spacial score (nSPS) is 11.1. The Labute approximate surface area is 143 Å². The average Bonchev–Trinajstić information content (AvgIpc) is 3.02. The molecule has 0 saturated carbocycles. The van der Waals surface area contributed by atoms with Gasteiger partial charge in [0.15, 0.2) is 0 Å². The molecule has 0 unspecified atom stereocenters. The van der Waals surface area contributed by atoms with E-state index in [1.54, 1.807) is 29.2 Å². The van der Waals surface area contributed by atoms with Crippen LogP contribution in [-0.2, 0) is 6.42 Å². The molecule has 0 radical (unpaired) electrons. The molecule has 0 fully saturated rings. The fourth-order valence-electron chi connectivity index (χ4n) is 2.78. The molecule has 25 heavy (non-hydrogen) atoms. The summed E-state index contributed by atoms with van der Waals surface area (Å²) in [5.74, 6) is 0. The van der Waals surface area contributed by atoms with Crippen LogP contribution in [0.3, 0.4) is 0 Å². The molecule has 4 rings (SSSR count). The molecule has 0 atom stereocenters. The second-order valence-corrected chi connectivity index (χ2v) is 5.76. The number of hydrogen-bond acceptors (Lipinski definition) is 5. The zero-order chi connectivity index (χ0) is 17.4. The molecule has 6 heteroatoms. The molecule has 0 aliphatic heterocycles. The van der Waals surface area contributed by atoms with Crippen molar-refractivity contribution < 1.29 is 4.42 Å². The minimum absolute atomic E-state index is 0.415. The van der Waals surface area contributed by atoms with Crippen LogP contribution < -0.4 is 5.63 Å². The molecule has 3 aromatic heterocycles. The summed E-state index contributed by atoms with van der Waals surface area (Å²) in [6.45, 7) is 3.97. The minimum Gasteiger partial charge on any atom is -0.422 e. The third kappa shape index (κ3) is 2.71. The van der Waals surface area contributed by atoms with Gasteiger partial charge in [-0.25, -0.2) is 4.79 Å². The van der Waals surface area contributed by atoms with Gasteiger partial charge in [0.05, 0.1) is 28.3 Å². The van der Waals surface area contributed by atoms with E-state index in [-0.39, 0.29) is 0 Å². The Kier molecular flexibility index (Phi) is 3.65. The van der Waals surface area contributed by atoms with Gasteiger partial charge in [0.1, 0.15) is 5.58 Å². The molecule has 0 bridgehead atoms. The lowest BCUT2D eigenvalue weighted by Gasteiger charge is -2.04. The van der Waals surface area contributed by atoms with Crippen molar-refractivity contribution in [3.8, 4) is 16.9 Å². The van der Waals surface area contributed by atoms with E-state index >= 15 is 0 Å². The van der Waals surface area contributed by atoms with Gasteiger partial charge in [-0.15, -0.1) is 0 Å². The predicted octanol–water partition coefficient (Wildman–Crippen LogP) is 3.31. The van der Waals surface area contributed by atoms with Crippen molar-refractivity contribution in [2.75, 3.05) is 0 Å². The van der Waals surface area contributed by atoms with Gasteiger partial charge in [0.25, 0.3) is 0 Å². The Morgan fingerprint density at radius 3 is 2.72 bits per heavy atom. The smallest absolute Gasteiger partial charge is 0.345 e. The monoisotopic (exact) mass is 332 g/mol. The van der Waals surface area contributed by atoms with Crippen LogP contribution >= 0.6 is 0 Å². The number of fused-ring (bicyclic) bond motifs is 1. The number of rotatable bonds is 3. The van der Waals surface area contributed by atoms with Crippen LogP contribution in [-0.4, -0.2) is 20.0 Å². The molecule has 6 nitrogen and oxygen atoms in total. The maximum absolute atomic E-state index is 12.3. The lowest BCUT2D eigenvalue weighted by molar-refractivity contribution is 0.562. The summed E-state index contributed by atoms with van der Waals surface area (Å²) in [6, 6.07) is 12.8. The summed E-state index contributed by atoms with van der Waals surface area (Å²) in [5.41, 5.74) is 3.73. The van der Waals surface area contributed by atoms with E-state index in [1.165, 1.54) is 0 Å². The molecule has 4 aromatic rings. The van der Waals surface area contributed by atoms with Crippen molar-refractivity contribution in [3.63, 3.8) is 0 Å². The summed E-state index contributed by atoms with van der Waals surface area (Å²) in [7, 11) is 0. The average molecular weight is 332 g/mol. The fourth-order valence-corrected chi connectivity index (χ4v) is 2.78. The van der Waals surface area contributed by atoms with Gasteiger partial charge in [-0.1, -0.05) is 13.0 Å². The van der Waals surface area contributed by atoms with Gasteiger partial charge in [-0.2, -0.15) is 15.0 Å². The van der Waals surface area contributed by atoms with Crippen molar-refractivity contribution in [3.05, 3.63) is 70.5 Å². The lowest BCUT2D eigenvalue weighted by Crippen LogP contribution is -2.04. The van der Waals surface area contributed by atoms with Crippen LogP contribution in [0.2, 0.25) is 0 Å². The van der Waals surface area contributed by atoms with Crippen molar-refractivity contribution in [2.24, 2.45) is 0 Å². The summed E-state index contributed by atoms with van der Waals surface area (Å²) < 4.78 is 5.51. The predicted molar refractivity (Wildman–Crippen MR) is 94.7 cm³/mol. The Morgan fingerprint density at radius 1 is 1.12 bits per heavy atom. The maximum Gasteiger partial charge on any atom is 0.345 e. The van der Waals surface area contributed by atoms with Gasteiger partial charge in [0.2, 0.25) is 0 Å². The lowest BCUT2D eigenvalue weighted by atomic mass is 10.1. The van der Waals surface area contributed by atoms with Gasteiger partial charge < -0.3 is 4.42 Å². The van der Waals surface area contributed by atoms with E-state index in [9.17, 15) is 4.79 Å². The highest BCUT2D eigenvalue weighted by Gasteiger charge is 2.11. The Morgan fingerprint density at radius 2 is 2.00 bits per heavy atom. The van der Waals surface area contributed by atoms with Crippen molar-refractivity contribution in [1.82, 2.24) is 20.0 Å². The number of aromatic nitrogens is 4. The maximum atomic E-state index is 12.3. The largest absolute Gasteiger partial charge is 0.422 e. The van der Waals surface area contributed by atoms with Crippen LogP contribution in [0.5, 0.6) is 0 Å². The number of pyridine rings is 1. The Bertz CT molecular complexity index is 1110. The highest BCUT2D eigenvalue weighted by Crippen LogP contribution is 2.22. The first kappa shape index (κ1) is 15.3. The van der Waals surface area contributed by atoms with Crippen LogP contribution in [0, 0.1) is 6.92 Å². The van der Waals surface area contributed by atoms with Crippen LogP contribution in [0.15, 0.2) is 57.9 Å². The molecule has 1 aromatic carbocycles. The van der Waals surface area contributed by atoms with Crippen molar-refractivity contribution >= 4 is 11.0 Å². The van der Waals surface area contributed by atoms with Crippen molar-refractivity contribution in [1.29, 1.82) is 0 Å². The van der Waals surface area contributed by atoms with Crippen LogP contribution in [0.1, 0.15) is 18.3 Å². The van der Waals surface area contributed by atoms with Crippen LogP contribution in [0.25, 0.3) is 27.9 Å². The number of aryl methyl sites for hydroxylation is 2. The summed E-state index contributed by atoms with van der Waals surface area (Å²) in [4.78, 5) is 18.1. The van der Waals surface area contributed by atoms with Crippen LogP contribution in [0.4, 0.5) is 0 Å². The van der Waals surface area contributed by atoms with E-state index in [0.29, 0.717) is 16.8 Å². The molecule has 3 heterocycles. The van der Waals surface area contributed by atoms with Gasteiger partial charge in [-0.3, -0.25) is 4.98 Å². The Balaban J connectivity index is 1.83. The topological polar surface area (TPSA) is 73.8 Å². The molecular weight excluding hydrogens is 316 g/mol. The van der Waals surface area contributed by atoms with E-state index in [4.69, 9.17) is 4.42 Å². The first-order valence-corrected chi connectivity index (χ1v) is 8.08. The molecule has 0 amide bonds. The minimum atomic E-state index is -0.415. The first-order valence-electron chi connectivity index (χ1n) is 8.08.